The van der Waals surface area contributed by atoms with Gasteiger partial charge in [-0.3, -0.25) is 0 Å². The molecule has 0 heterocycles. The average molecular weight is 240 g/mol. The summed E-state index contributed by atoms with van der Waals surface area (Å²) in [5.74, 6) is 0.769. The van der Waals surface area contributed by atoms with E-state index in [1.807, 2.05) is 0 Å². The third kappa shape index (κ3) is 4.59. The monoisotopic (exact) mass is 240 g/mol. The predicted molar refractivity (Wildman–Crippen MR) is 76.4 cm³/mol. The largest absolute Gasteiger partial charge is 0.319 e. The summed E-state index contributed by atoms with van der Waals surface area (Å²) in [6, 6.07) is 0.673. The molecule has 1 saturated carbocycles. The number of nitrogens with zero attached hydrogens (tertiary/aromatic N) is 1. The first-order valence-corrected chi connectivity index (χ1v) is 7.38. The van der Waals surface area contributed by atoms with Gasteiger partial charge >= 0.3 is 0 Å². The van der Waals surface area contributed by atoms with E-state index < -0.39 is 0 Å². The van der Waals surface area contributed by atoms with Gasteiger partial charge in [0, 0.05) is 25.7 Å². The second-order valence-electron chi connectivity index (χ2n) is 6.65. The molecule has 0 radical (unpaired) electrons. The maximum absolute atomic E-state index is 3.42. The third-order valence-corrected chi connectivity index (χ3v) is 4.08. The SMILES string of the molecule is CNCC1(CN(CC(C)C)C(C)C)CCCC1. The van der Waals surface area contributed by atoms with Crippen molar-refractivity contribution in [2.75, 3.05) is 26.7 Å². The smallest absolute Gasteiger partial charge is 0.00530 e. The number of hydrogen-bond donors (Lipinski definition) is 1. The van der Waals surface area contributed by atoms with Gasteiger partial charge in [0.05, 0.1) is 0 Å². The molecular weight excluding hydrogens is 208 g/mol. The van der Waals surface area contributed by atoms with Crippen LogP contribution in [0.2, 0.25) is 0 Å². The van der Waals surface area contributed by atoms with Crippen molar-refractivity contribution in [3.05, 3.63) is 0 Å². The molecule has 1 rings (SSSR count). The molecular formula is C15H32N2. The lowest BCUT2D eigenvalue weighted by atomic mass is 9.85. The summed E-state index contributed by atoms with van der Waals surface area (Å²) in [6.45, 7) is 13.0. The van der Waals surface area contributed by atoms with Crippen molar-refractivity contribution in [2.45, 2.75) is 59.4 Å². The van der Waals surface area contributed by atoms with Gasteiger partial charge in [-0.2, -0.15) is 0 Å². The van der Waals surface area contributed by atoms with Crippen LogP contribution in [0, 0.1) is 11.3 Å². The van der Waals surface area contributed by atoms with E-state index in [1.54, 1.807) is 0 Å². The highest BCUT2D eigenvalue weighted by atomic mass is 15.2. The first-order valence-electron chi connectivity index (χ1n) is 7.38. The van der Waals surface area contributed by atoms with E-state index in [9.17, 15) is 0 Å². The second-order valence-corrected chi connectivity index (χ2v) is 6.65. The van der Waals surface area contributed by atoms with Gasteiger partial charge in [-0.05, 0) is 45.1 Å². The minimum atomic E-state index is 0.550. The fraction of sp³-hybridized carbons (Fsp3) is 1.00. The zero-order valence-corrected chi connectivity index (χ0v) is 12.6. The van der Waals surface area contributed by atoms with Gasteiger partial charge in [-0.25, -0.2) is 0 Å². The van der Waals surface area contributed by atoms with E-state index in [4.69, 9.17) is 0 Å². The van der Waals surface area contributed by atoms with E-state index in [-0.39, 0.29) is 0 Å². The van der Waals surface area contributed by atoms with Gasteiger partial charge in [0.1, 0.15) is 0 Å². The van der Waals surface area contributed by atoms with Gasteiger partial charge < -0.3 is 10.2 Å². The highest BCUT2D eigenvalue weighted by molar-refractivity contribution is 4.90. The summed E-state index contributed by atoms with van der Waals surface area (Å²) in [5.41, 5.74) is 0.550. The Kier molecular flexibility index (Phi) is 5.94. The molecule has 0 aliphatic heterocycles. The minimum absolute atomic E-state index is 0.550. The molecule has 0 spiro atoms. The summed E-state index contributed by atoms with van der Waals surface area (Å²) in [7, 11) is 2.10. The molecule has 1 fully saturated rings. The van der Waals surface area contributed by atoms with Gasteiger partial charge in [0.2, 0.25) is 0 Å². The summed E-state index contributed by atoms with van der Waals surface area (Å²) in [5, 5.41) is 3.42. The molecule has 0 bridgehead atoms. The Morgan fingerprint density at radius 3 is 2.12 bits per heavy atom. The molecule has 0 atom stereocenters. The van der Waals surface area contributed by atoms with Crippen LogP contribution in [0.1, 0.15) is 53.4 Å². The normalized spacial score (nSPS) is 19.8. The van der Waals surface area contributed by atoms with E-state index in [2.05, 4.69) is 45.0 Å². The lowest BCUT2D eigenvalue weighted by molar-refractivity contribution is 0.111. The van der Waals surface area contributed by atoms with Crippen LogP contribution in [0.3, 0.4) is 0 Å². The zero-order valence-electron chi connectivity index (χ0n) is 12.6. The van der Waals surface area contributed by atoms with E-state index in [1.165, 1.54) is 45.3 Å². The van der Waals surface area contributed by atoms with Crippen LogP contribution in [0.25, 0.3) is 0 Å². The van der Waals surface area contributed by atoms with Crippen molar-refractivity contribution in [1.82, 2.24) is 10.2 Å². The molecule has 1 aliphatic carbocycles. The average Bonchev–Trinajstić information content (AvgIpc) is 2.65. The molecule has 102 valence electrons. The van der Waals surface area contributed by atoms with Crippen LogP contribution in [0.15, 0.2) is 0 Å². The first kappa shape index (κ1) is 15.0. The molecule has 17 heavy (non-hydrogen) atoms. The van der Waals surface area contributed by atoms with Crippen LogP contribution < -0.4 is 5.32 Å². The summed E-state index contributed by atoms with van der Waals surface area (Å²) in [6.07, 6.45) is 5.68. The molecule has 2 heteroatoms. The van der Waals surface area contributed by atoms with E-state index >= 15 is 0 Å². The molecule has 0 unspecified atom stereocenters. The van der Waals surface area contributed by atoms with Crippen molar-refractivity contribution >= 4 is 0 Å². The quantitative estimate of drug-likeness (QED) is 0.735. The number of nitrogens with one attached hydrogen (secondary N) is 1. The topological polar surface area (TPSA) is 15.3 Å². The van der Waals surface area contributed by atoms with Crippen molar-refractivity contribution in [3.8, 4) is 0 Å². The molecule has 0 aromatic carbocycles. The molecule has 2 nitrogen and oxygen atoms in total. The standard InChI is InChI=1S/C15H32N2/c1-13(2)10-17(14(3)4)12-15(11-16-5)8-6-7-9-15/h13-14,16H,6-12H2,1-5H3. The van der Waals surface area contributed by atoms with Gasteiger partial charge in [-0.15, -0.1) is 0 Å². The Balaban J connectivity index is 2.61. The third-order valence-electron chi connectivity index (χ3n) is 4.08. The molecule has 0 aromatic heterocycles. The maximum atomic E-state index is 3.42. The van der Waals surface area contributed by atoms with E-state index in [0.717, 1.165) is 5.92 Å². The van der Waals surface area contributed by atoms with Gasteiger partial charge in [-0.1, -0.05) is 26.7 Å². The predicted octanol–water partition coefficient (Wildman–Crippen LogP) is 3.13. The molecule has 0 saturated heterocycles. The van der Waals surface area contributed by atoms with E-state index in [0.29, 0.717) is 11.5 Å². The molecule has 1 N–H and O–H groups in total. The van der Waals surface area contributed by atoms with Crippen LogP contribution in [-0.4, -0.2) is 37.6 Å². The van der Waals surface area contributed by atoms with Crippen LogP contribution in [0.5, 0.6) is 0 Å². The highest BCUT2D eigenvalue weighted by Crippen LogP contribution is 2.38. The van der Waals surface area contributed by atoms with Crippen LogP contribution >= 0.6 is 0 Å². The van der Waals surface area contributed by atoms with Gasteiger partial charge in [0.15, 0.2) is 0 Å². The van der Waals surface area contributed by atoms with Crippen molar-refractivity contribution in [1.29, 1.82) is 0 Å². The molecule has 0 amide bonds. The maximum Gasteiger partial charge on any atom is 0.00530 e. The van der Waals surface area contributed by atoms with Crippen molar-refractivity contribution in [3.63, 3.8) is 0 Å². The lowest BCUT2D eigenvalue weighted by Crippen LogP contribution is -2.45. The summed E-state index contributed by atoms with van der Waals surface area (Å²) in [4.78, 5) is 2.69. The van der Waals surface area contributed by atoms with Gasteiger partial charge in [0.25, 0.3) is 0 Å². The van der Waals surface area contributed by atoms with Crippen molar-refractivity contribution < 1.29 is 0 Å². The second kappa shape index (κ2) is 6.75. The number of hydrogen-bond acceptors (Lipinski definition) is 2. The minimum Gasteiger partial charge on any atom is -0.319 e. The van der Waals surface area contributed by atoms with Crippen LogP contribution in [0.4, 0.5) is 0 Å². The summed E-state index contributed by atoms with van der Waals surface area (Å²) >= 11 is 0. The first-order chi connectivity index (χ1) is 7.99. The summed E-state index contributed by atoms with van der Waals surface area (Å²) < 4.78 is 0. The zero-order chi connectivity index (χ0) is 12.9. The fourth-order valence-corrected chi connectivity index (χ4v) is 3.25. The Bertz CT molecular complexity index is 205. The lowest BCUT2D eigenvalue weighted by Gasteiger charge is -2.38. The van der Waals surface area contributed by atoms with Crippen LogP contribution in [-0.2, 0) is 0 Å². The Hall–Kier alpha value is -0.0800. The Morgan fingerprint density at radius 2 is 1.71 bits per heavy atom. The van der Waals surface area contributed by atoms with Crippen molar-refractivity contribution in [2.24, 2.45) is 11.3 Å². The Morgan fingerprint density at radius 1 is 1.12 bits per heavy atom. The fourth-order valence-electron chi connectivity index (χ4n) is 3.25. The molecule has 1 aliphatic rings. The highest BCUT2D eigenvalue weighted by Gasteiger charge is 2.35. The Labute approximate surface area is 108 Å². The number of rotatable bonds is 7. The molecule has 0 aromatic rings.